The second-order valence-electron chi connectivity index (χ2n) is 4.08. The zero-order valence-corrected chi connectivity index (χ0v) is 14.4. The van der Waals surface area contributed by atoms with Gasteiger partial charge in [-0.1, -0.05) is 6.08 Å². The van der Waals surface area contributed by atoms with E-state index in [1.165, 1.54) is 0 Å². The summed E-state index contributed by atoms with van der Waals surface area (Å²) in [6.45, 7) is 11.1. The topological polar surface area (TPSA) is 77.0 Å². The molecule has 6 nitrogen and oxygen atoms in total. The molecule has 0 aromatic rings. The molecular formula is C12H27NO5SSi. The lowest BCUT2D eigenvalue weighted by Gasteiger charge is -2.28. The summed E-state index contributed by atoms with van der Waals surface area (Å²) in [4.78, 5) is 0. The maximum atomic E-state index is 10.7. The zero-order chi connectivity index (χ0) is 15.4. The molecule has 0 bridgehead atoms. The van der Waals surface area contributed by atoms with Crippen molar-refractivity contribution in [3.63, 3.8) is 0 Å². The van der Waals surface area contributed by atoms with Crippen LogP contribution in [0.2, 0.25) is 6.04 Å². The van der Waals surface area contributed by atoms with E-state index in [0.717, 1.165) is 6.42 Å². The Kier molecular flexibility index (Phi) is 11.5. The quantitative estimate of drug-likeness (QED) is 0.308. The van der Waals surface area contributed by atoms with Crippen LogP contribution >= 0.6 is 0 Å². The molecule has 0 fully saturated rings. The van der Waals surface area contributed by atoms with Crippen LogP contribution in [0.5, 0.6) is 0 Å². The van der Waals surface area contributed by atoms with Gasteiger partial charge in [0, 0.05) is 31.9 Å². The lowest BCUT2D eigenvalue weighted by Crippen LogP contribution is -2.46. The highest BCUT2D eigenvalue weighted by molar-refractivity contribution is 7.77. The monoisotopic (exact) mass is 325 g/mol. The van der Waals surface area contributed by atoms with Crippen molar-refractivity contribution < 1.29 is 22.0 Å². The van der Waals surface area contributed by atoms with Gasteiger partial charge in [-0.3, -0.25) is 4.55 Å². The van der Waals surface area contributed by atoms with Crippen molar-refractivity contribution >= 4 is 20.1 Å². The molecule has 0 aliphatic carbocycles. The Bertz CT molecular complexity index is 276. The molecule has 0 saturated carbocycles. The van der Waals surface area contributed by atoms with E-state index < -0.39 is 20.1 Å². The molecule has 2 N–H and O–H groups in total. The van der Waals surface area contributed by atoms with Crippen LogP contribution in [0.25, 0.3) is 0 Å². The van der Waals surface area contributed by atoms with Gasteiger partial charge in [0.2, 0.25) is 11.3 Å². The fourth-order valence-electron chi connectivity index (χ4n) is 1.89. The average Bonchev–Trinajstić information content (AvgIpc) is 2.38. The third-order valence-electron chi connectivity index (χ3n) is 2.63. The Morgan fingerprint density at radius 1 is 1.25 bits per heavy atom. The van der Waals surface area contributed by atoms with Gasteiger partial charge < -0.3 is 13.3 Å². The Labute approximate surface area is 125 Å². The molecule has 0 aliphatic rings. The molecule has 0 amide bonds. The predicted molar refractivity (Wildman–Crippen MR) is 82.6 cm³/mol. The molecule has 0 aliphatic heterocycles. The SMILES string of the molecule is C=CC(CCC[Si](OCC)(OCC)OCC)NS(=O)O. The molecule has 8 heteroatoms. The number of hydrogen-bond donors (Lipinski definition) is 2. The first-order valence-electron chi connectivity index (χ1n) is 6.95. The number of hydrogen-bond acceptors (Lipinski definition) is 4. The molecule has 2 unspecified atom stereocenters. The van der Waals surface area contributed by atoms with E-state index in [-0.39, 0.29) is 6.04 Å². The van der Waals surface area contributed by atoms with Crippen LogP contribution in [-0.4, -0.2) is 43.4 Å². The van der Waals surface area contributed by atoms with Gasteiger partial charge in [0.1, 0.15) is 0 Å². The fraction of sp³-hybridized carbons (Fsp3) is 0.833. The third kappa shape index (κ3) is 8.25. The normalized spacial score (nSPS) is 15.0. The number of nitrogens with one attached hydrogen (secondary N) is 1. The Balaban J connectivity index is 4.42. The molecule has 0 rings (SSSR count). The third-order valence-corrected chi connectivity index (χ3v) is 6.28. The molecule has 0 saturated heterocycles. The predicted octanol–water partition coefficient (Wildman–Crippen LogP) is 2.10. The van der Waals surface area contributed by atoms with E-state index in [4.69, 9.17) is 17.8 Å². The highest BCUT2D eigenvalue weighted by atomic mass is 32.2. The first-order chi connectivity index (χ1) is 9.53. The van der Waals surface area contributed by atoms with Gasteiger partial charge >= 0.3 is 8.80 Å². The Morgan fingerprint density at radius 2 is 1.75 bits per heavy atom. The van der Waals surface area contributed by atoms with Crippen LogP contribution in [0.1, 0.15) is 33.6 Å². The van der Waals surface area contributed by atoms with Crippen LogP contribution in [0.15, 0.2) is 12.7 Å². The molecule has 0 aromatic heterocycles. The maximum absolute atomic E-state index is 10.7. The Hall–Kier alpha value is -0.0931. The van der Waals surface area contributed by atoms with Gasteiger partial charge in [-0.2, -0.15) is 0 Å². The molecule has 20 heavy (non-hydrogen) atoms. The van der Waals surface area contributed by atoms with Gasteiger partial charge in [-0.15, -0.1) is 6.58 Å². The molecular weight excluding hydrogens is 298 g/mol. The smallest absolute Gasteiger partial charge is 0.374 e. The zero-order valence-electron chi connectivity index (χ0n) is 12.6. The summed E-state index contributed by atoms with van der Waals surface area (Å²) in [6.07, 6.45) is 3.07. The van der Waals surface area contributed by atoms with Crippen LogP contribution in [0.3, 0.4) is 0 Å². The van der Waals surface area contributed by atoms with Crippen molar-refractivity contribution in [1.82, 2.24) is 4.72 Å². The second-order valence-corrected chi connectivity index (χ2v) is 7.55. The maximum Gasteiger partial charge on any atom is 0.500 e. The molecule has 0 heterocycles. The minimum Gasteiger partial charge on any atom is -0.374 e. The van der Waals surface area contributed by atoms with Crippen LogP contribution in [-0.2, 0) is 24.5 Å². The average molecular weight is 326 g/mol. The highest BCUT2D eigenvalue weighted by Crippen LogP contribution is 2.20. The molecule has 0 radical (unpaired) electrons. The molecule has 0 aromatic carbocycles. The van der Waals surface area contributed by atoms with Crippen molar-refractivity contribution in [2.45, 2.75) is 45.7 Å². The van der Waals surface area contributed by atoms with Crippen LogP contribution in [0, 0.1) is 0 Å². The molecule has 0 spiro atoms. The molecule has 120 valence electrons. The van der Waals surface area contributed by atoms with Crippen molar-refractivity contribution in [2.24, 2.45) is 0 Å². The van der Waals surface area contributed by atoms with Crippen molar-refractivity contribution in [2.75, 3.05) is 19.8 Å². The summed E-state index contributed by atoms with van der Waals surface area (Å²) in [7, 11) is -2.62. The minimum atomic E-state index is -2.62. The lowest BCUT2D eigenvalue weighted by molar-refractivity contribution is 0.0706. The highest BCUT2D eigenvalue weighted by Gasteiger charge is 2.39. The van der Waals surface area contributed by atoms with E-state index in [9.17, 15) is 4.21 Å². The second kappa shape index (κ2) is 11.6. The first-order valence-corrected chi connectivity index (χ1v) is 9.98. The first kappa shape index (κ1) is 19.9. The summed E-state index contributed by atoms with van der Waals surface area (Å²) >= 11 is -2.03. The standard InChI is InChI=1S/C12H27NO5SSi/c1-5-12(13-19(14)15)10-9-11-20(16-6-2,17-7-3)18-8-4/h5,12-13H,1,6-11H2,2-4H3,(H,14,15). The molecule has 2 atom stereocenters. The van der Waals surface area contributed by atoms with Gasteiger partial charge in [-0.25, -0.2) is 8.93 Å². The van der Waals surface area contributed by atoms with Gasteiger partial charge in [0.15, 0.2) is 0 Å². The summed E-state index contributed by atoms with van der Waals surface area (Å²) in [6, 6.07) is 0.476. The number of rotatable bonds is 13. The van der Waals surface area contributed by atoms with E-state index in [0.29, 0.717) is 32.3 Å². The summed E-state index contributed by atoms with van der Waals surface area (Å²) in [5, 5.41) is 0. The van der Waals surface area contributed by atoms with Crippen LogP contribution in [0.4, 0.5) is 0 Å². The summed E-state index contributed by atoms with van der Waals surface area (Å²) in [5.74, 6) is 0. The van der Waals surface area contributed by atoms with E-state index >= 15 is 0 Å². The lowest BCUT2D eigenvalue weighted by atomic mass is 10.2. The van der Waals surface area contributed by atoms with Crippen molar-refractivity contribution in [3.05, 3.63) is 12.7 Å². The van der Waals surface area contributed by atoms with Crippen molar-refractivity contribution in [3.8, 4) is 0 Å². The van der Waals surface area contributed by atoms with Gasteiger partial charge in [0.25, 0.3) is 0 Å². The van der Waals surface area contributed by atoms with E-state index in [1.807, 2.05) is 20.8 Å². The summed E-state index contributed by atoms with van der Waals surface area (Å²) < 4.78 is 39.3. The van der Waals surface area contributed by atoms with E-state index in [2.05, 4.69) is 11.3 Å². The van der Waals surface area contributed by atoms with Crippen LogP contribution < -0.4 is 4.72 Å². The summed E-state index contributed by atoms with van der Waals surface area (Å²) in [5.41, 5.74) is 0. The van der Waals surface area contributed by atoms with E-state index in [1.54, 1.807) is 6.08 Å². The van der Waals surface area contributed by atoms with Gasteiger partial charge in [0.05, 0.1) is 0 Å². The Morgan fingerprint density at radius 3 is 2.10 bits per heavy atom. The minimum absolute atomic E-state index is 0.211. The fourth-order valence-corrected chi connectivity index (χ4v) is 5.01. The largest absolute Gasteiger partial charge is 0.500 e. The van der Waals surface area contributed by atoms with Gasteiger partial charge in [-0.05, 0) is 33.6 Å². The van der Waals surface area contributed by atoms with Crippen molar-refractivity contribution in [1.29, 1.82) is 0 Å².